The summed E-state index contributed by atoms with van der Waals surface area (Å²) >= 11 is 5.93. The van der Waals surface area contributed by atoms with Gasteiger partial charge in [-0.15, -0.1) is 0 Å². The second kappa shape index (κ2) is 5.25. The second-order valence-electron chi connectivity index (χ2n) is 3.92. The molecule has 0 aliphatic heterocycles. The largest absolute Gasteiger partial charge is 0.394 e. The lowest BCUT2D eigenvalue weighted by atomic mass is 10.1. The highest BCUT2D eigenvalue weighted by atomic mass is 35.5. The van der Waals surface area contributed by atoms with E-state index in [1.807, 2.05) is 6.07 Å². The molecule has 1 aromatic carbocycles. The quantitative estimate of drug-likeness (QED) is 0.884. The SMILES string of the molecule is NC(=O)c1cccn1[C@H](CO)c1cccc(Cl)c1. The molecule has 0 radical (unpaired) electrons. The molecule has 1 heterocycles. The number of aliphatic hydroxyl groups is 1. The van der Waals surface area contributed by atoms with Crippen LogP contribution in [0.3, 0.4) is 0 Å². The number of nitrogens with two attached hydrogens (primary N) is 1. The number of primary amides is 1. The Balaban J connectivity index is 2.45. The highest BCUT2D eigenvalue weighted by Gasteiger charge is 2.17. The molecule has 0 unspecified atom stereocenters. The molecule has 94 valence electrons. The van der Waals surface area contributed by atoms with Crippen LogP contribution in [-0.2, 0) is 0 Å². The number of rotatable bonds is 4. The molecular weight excluding hydrogens is 252 g/mol. The van der Waals surface area contributed by atoms with Crippen molar-refractivity contribution in [3.63, 3.8) is 0 Å². The zero-order valence-electron chi connectivity index (χ0n) is 9.58. The van der Waals surface area contributed by atoms with Crippen molar-refractivity contribution in [2.24, 2.45) is 5.73 Å². The van der Waals surface area contributed by atoms with Gasteiger partial charge in [-0.1, -0.05) is 23.7 Å². The molecule has 5 heteroatoms. The van der Waals surface area contributed by atoms with Gasteiger partial charge in [-0.2, -0.15) is 0 Å². The molecule has 0 aliphatic rings. The minimum absolute atomic E-state index is 0.144. The fourth-order valence-corrected chi connectivity index (χ4v) is 2.14. The molecule has 0 saturated carbocycles. The van der Waals surface area contributed by atoms with Gasteiger partial charge in [0.2, 0.25) is 0 Å². The van der Waals surface area contributed by atoms with Gasteiger partial charge in [-0.3, -0.25) is 4.79 Å². The molecule has 18 heavy (non-hydrogen) atoms. The lowest BCUT2D eigenvalue weighted by molar-refractivity contribution is 0.0988. The average Bonchev–Trinajstić information content (AvgIpc) is 2.79. The van der Waals surface area contributed by atoms with Crippen molar-refractivity contribution in [2.45, 2.75) is 6.04 Å². The molecule has 4 nitrogen and oxygen atoms in total. The first-order valence-corrected chi connectivity index (χ1v) is 5.84. The molecule has 1 amide bonds. The smallest absolute Gasteiger partial charge is 0.265 e. The number of amides is 1. The fourth-order valence-electron chi connectivity index (χ4n) is 1.94. The van der Waals surface area contributed by atoms with Crippen LogP contribution in [0.25, 0.3) is 0 Å². The Hall–Kier alpha value is -1.78. The van der Waals surface area contributed by atoms with Crippen molar-refractivity contribution >= 4 is 17.5 Å². The highest BCUT2D eigenvalue weighted by Crippen LogP contribution is 2.23. The van der Waals surface area contributed by atoms with E-state index < -0.39 is 5.91 Å². The van der Waals surface area contributed by atoms with Gasteiger partial charge in [-0.05, 0) is 29.8 Å². The van der Waals surface area contributed by atoms with Crippen LogP contribution in [0.4, 0.5) is 0 Å². The standard InChI is InChI=1S/C13H13ClN2O2/c14-10-4-1-3-9(7-10)12(8-17)16-6-2-5-11(16)13(15)18/h1-7,12,17H,8H2,(H2,15,18)/t12-/m1/s1. The maximum Gasteiger partial charge on any atom is 0.265 e. The molecule has 2 aromatic rings. The maximum absolute atomic E-state index is 11.3. The van der Waals surface area contributed by atoms with E-state index in [9.17, 15) is 9.90 Å². The summed E-state index contributed by atoms with van der Waals surface area (Å²) in [5.74, 6) is -0.527. The van der Waals surface area contributed by atoms with Crippen LogP contribution in [0.2, 0.25) is 5.02 Å². The molecule has 3 N–H and O–H groups in total. The van der Waals surface area contributed by atoms with Gasteiger partial charge >= 0.3 is 0 Å². The summed E-state index contributed by atoms with van der Waals surface area (Å²) in [5.41, 5.74) is 6.47. The Morgan fingerprint density at radius 2 is 2.17 bits per heavy atom. The van der Waals surface area contributed by atoms with Crippen LogP contribution in [-0.4, -0.2) is 22.2 Å². The third kappa shape index (κ3) is 2.39. The van der Waals surface area contributed by atoms with Gasteiger partial charge in [0.15, 0.2) is 0 Å². The minimum Gasteiger partial charge on any atom is -0.394 e. The van der Waals surface area contributed by atoms with E-state index in [1.54, 1.807) is 41.1 Å². The van der Waals surface area contributed by atoms with Crippen molar-refractivity contribution in [3.05, 3.63) is 58.9 Å². The van der Waals surface area contributed by atoms with Crippen molar-refractivity contribution in [2.75, 3.05) is 6.61 Å². The first kappa shape index (κ1) is 12.7. The Morgan fingerprint density at radius 1 is 1.39 bits per heavy atom. The number of benzene rings is 1. The van der Waals surface area contributed by atoms with E-state index >= 15 is 0 Å². The van der Waals surface area contributed by atoms with Crippen LogP contribution in [0.5, 0.6) is 0 Å². The number of aromatic nitrogens is 1. The van der Waals surface area contributed by atoms with Crippen molar-refractivity contribution in [1.82, 2.24) is 4.57 Å². The molecule has 2 rings (SSSR count). The Kier molecular flexibility index (Phi) is 3.69. The number of halogens is 1. The first-order chi connectivity index (χ1) is 8.63. The third-order valence-corrected chi connectivity index (χ3v) is 3.01. The van der Waals surface area contributed by atoms with E-state index in [0.717, 1.165) is 5.56 Å². The first-order valence-electron chi connectivity index (χ1n) is 5.46. The number of carbonyl (C=O) groups excluding carboxylic acids is 1. The molecule has 0 saturated heterocycles. The molecule has 1 atom stereocenters. The molecular formula is C13H13ClN2O2. The van der Waals surface area contributed by atoms with Gasteiger partial charge in [0, 0.05) is 11.2 Å². The van der Waals surface area contributed by atoms with E-state index in [-0.39, 0.29) is 12.6 Å². The van der Waals surface area contributed by atoms with Crippen LogP contribution < -0.4 is 5.73 Å². The number of hydrogen-bond acceptors (Lipinski definition) is 2. The van der Waals surface area contributed by atoms with Crippen LogP contribution >= 0.6 is 11.6 Å². The zero-order valence-corrected chi connectivity index (χ0v) is 10.3. The summed E-state index contributed by atoms with van der Waals surface area (Å²) in [6, 6.07) is 10.1. The maximum atomic E-state index is 11.3. The van der Waals surface area contributed by atoms with Crippen molar-refractivity contribution in [3.8, 4) is 0 Å². The summed E-state index contributed by atoms with van der Waals surface area (Å²) in [7, 11) is 0. The number of hydrogen-bond donors (Lipinski definition) is 2. The lowest BCUT2D eigenvalue weighted by Crippen LogP contribution is -2.22. The van der Waals surface area contributed by atoms with Gasteiger partial charge in [-0.25, -0.2) is 0 Å². The molecule has 0 aliphatic carbocycles. The monoisotopic (exact) mass is 264 g/mol. The molecule has 0 bridgehead atoms. The van der Waals surface area contributed by atoms with Crippen molar-refractivity contribution in [1.29, 1.82) is 0 Å². The normalized spacial score (nSPS) is 12.3. The summed E-state index contributed by atoms with van der Waals surface area (Å²) in [6.07, 6.45) is 1.71. The van der Waals surface area contributed by atoms with Gasteiger partial charge < -0.3 is 15.4 Å². The molecule has 1 aromatic heterocycles. The number of carbonyl (C=O) groups is 1. The van der Waals surface area contributed by atoms with E-state index in [4.69, 9.17) is 17.3 Å². The van der Waals surface area contributed by atoms with Crippen molar-refractivity contribution < 1.29 is 9.90 Å². The van der Waals surface area contributed by atoms with E-state index in [0.29, 0.717) is 10.7 Å². The van der Waals surface area contributed by atoms with Crippen LogP contribution in [0.1, 0.15) is 22.1 Å². The van der Waals surface area contributed by atoms with E-state index in [1.165, 1.54) is 0 Å². The molecule has 0 fully saturated rings. The second-order valence-corrected chi connectivity index (χ2v) is 4.35. The predicted octanol–water partition coefficient (Wildman–Crippen LogP) is 1.82. The topological polar surface area (TPSA) is 68.2 Å². The summed E-state index contributed by atoms with van der Waals surface area (Å²) in [6.45, 7) is -0.144. The van der Waals surface area contributed by atoms with Gasteiger partial charge in [0.05, 0.1) is 12.6 Å². The highest BCUT2D eigenvalue weighted by molar-refractivity contribution is 6.30. The predicted molar refractivity (Wildman–Crippen MR) is 69.6 cm³/mol. The average molecular weight is 265 g/mol. The summed E-state index contributed by atoms with van der Waals surface area (Å²) in [4.78, 5) is 11.3. The third-order valence-electron chi connectivity index (χ3n) is 2.77. The Labute approximate surface area is 110 Å². The lowest BCUT2D eigenvalue weighted by Gasteiger charge is -2.19. The zero-order chi connectivity index (χ0) is 13.1. The summed E-state index contributed by atoms with van der Waals surface area (Å²) in [5, 5.41) is 10.1. The summed E-state index contributed by atoms with van der Waals surface area (Å²) < 4.78 is 1.65. The van der Waals surface area contributed by atoms with Gasteiger partial charge in [0.1, 0.15) is 5.69 Å². The fraction of sp³-hybridized carbons (Fsp3) is 0.154. The van der Waals surface area contributed by atoms with Crippen LogP contribution in [0, 0.1) is 0 Å². The van der Waals surface area contributed by atoms with Gasteiger partial charge in [0.25, 0.3) is 5.91 Å². The molecule has 0 spiro atoms. The van der Waals surface area contributed by atoms with E-state index in [2.05, 4.69) is 0 Å². The van der Waals surface area contributed by atoms with Crippen LogP contribution in [0.15, 0.2) is 42.6 Å². The number of nitrogens with zero attached hydrogens (tertiary/aromatic N) is 1. The minimum atomic E-state index is -0.527. The Bertz CT molecular complexity index is 566. The Morgan fingerprint density at radius 3 is 2.78 bits per heavy atom. The number of aliphatic hydroxyl groups excluding tert-OH is 1.